The van der Waals surface area contributed by atoms with Gasteiger partial charge in [-0.05, 0) is 48.0 Å². The van der Waals surface area contributed by atoms with Crippen molar-refractivity contribution in [3.05, 3.63) is 88.6 Å². The lowest BCUT2D eigenvalue weighted by Gasteiger charge is -2.41. The minimum Gasteiger partial charge on any atom is -0.508 e. The highest BCUT2D eigenvalue weighted by Crippen LogP contribution is 2.34. The number of benzene rings is 3. The summed E-state index contributed by atoms with van der Waals surface area (Å²) in [7, 11) is 0. The number of hydrogen-bond donors (Lipinski definition) is 5. The summed E-state index contributed by atoms with van der Waals surface area (Å²) in [5, 5.41) is 51.1. The Hall–Kier alpha value is -5.37. The molecule has 1 aromatic heterocycles. The Labute approximate surface area is 254 Å². The first-order valence-corrected chi connectivity index (χ1v) is 13.6. The summed E-state index contributed by atoms with van der Waals surface area (Å²) >= 11 is 0. The maximum atomic E-state index is 12.8. The van der Waals surface area contributed by atoms with Crippen LogP contribution in [0.25, 0.3) is 28.4 Å². The van der Waals surface area contributed by atoms with Crippen molar-refractivity contribution in [3.63, 3.8) is 0 Å². The number of aliphatic hydroxyl groups is 2. The fourth-order valence-electron chi connectivity index (χ4n) is 4.64. The van der Waals surface area contributed by atoms with Crippen LogP contribution in [0.3, 0.4) is 0 Å². The molecule has 13 heteroatoms. The Kier molecular flexibility index (Phi) is 9.04. The van der Waals surface area contributed by atoms with Crippen molar-refractivity contribution in [2.45, 2.75) is 37.6 Å². The van der Waals surface area contributed by atoms with Crippen LogP contribution >= 0.6 is 0 Å². The zero-order valence-corrected chi connectivity index (χ0v) is 23.6. The van der Waals surface area contributed by atoms with Crippen LogP contribution in [0.15, 0.2) is 82.0 Å². The molecule has 1 aliphatic heterocycles. The standard InChI is InChI=1S/C32H28O13/c1-16(33)42-31-29(39)26(15-41-27(38)11-4-17-2-7-19(34)8-3-17)45-32(30(31)40)43-21-12-22(36)28-23(37)14-24(44-25(28)13-21)18-5-9-20(35)10-6-18/h2-14,26,29-32,34-36,39-40H,15H2,1H3/t26-,29-,30-,31+,32-/m1/s1. The summed E-state index contributed by atoms with van der Waals surface area (Å²) in [6.45, 7) is 0.543. The van der Waals surface area contributed by atoms with Crippen molar-refractivity contribution in [2.24, 2.45) is 0 Å². The fraction of sp³-hybridized carbons (Fsp3) is 0.219. The van der Waals surface area contributed by atoms with Crippen LogP contribution in [0, 0.1) is 0 Å². The van der Waals surface area contributed by atoms with Gasteiger partial charge >= 0.3 is 11.9 Å². The number of esters is 2. The summed E-state index contributed by atoms with van der Waals surface area (Å²) in [6, 6.07) is 15.4. The number of rotatable bonds is 8. The number of aromatic hydroxyl groups is 3. The van der Waals surface area contributed by atoms with Gasteiger partial charge in [-0.15, -0.1) is 0 Å². The second-order valence-electron chi connectivity index (χ2n) is 10.1. The van der Waals surface area contributed by atoms with Crippen molar-refractivity contribution >= 4 is 29.0 Å². The molecule has 45 heavy (non-hydrogen) atoms. The van der Waals surface area contributed by atoms with E-state index >= 15 is 0 Å². The molecule has 2 heterocycles. The van der Waals surface area contributed by atoms with Gasteiger partial charge < -0.3 is 48.9 Å². The van der Waals surface area contributed by atoms with Gasteiger partial charge in [0.1, 0.15) is 58.5 Å². The van der Waals surface area contributed by atoms with Gasteiger partial charge in [-0.3, -0.25) is 9.59 Å². The molecule has 1 fully saturated rings. The Balaban J connectivity index is 1.36. The van der Waals surface area contributed by atoms with Gasteiger partial charge in [-0.1, -0.05) is 12.1 Å². The molecule has 0 aliphatic carbocycles. The lowest BCUT2D eigenvalue weighted by Crippen LogP contribution is -2.61. The van der Waals surface area contributed by atoms with Gasteiger partial charge in [0.25, 0.3) is 0 Å². The molecule has 1 saturated heterocycles. The lowest BCUT2D eigenvalue weighted by atomic mass is 9.99. The van der Waals surface area contributed by atoms with Gasteiger partial charge in [0.15, 0.2) is 17.6 Å². The van der Waals surface area contributed by atoms with Crippen molar-refractivity contribution in [1.82, 2.24) is 0 Å². The quantitative estimate of drug-likeness (QED) is 0.142. The smallest absolute Gasteiger partial charge is 0.330 e. The van der Waals surface area contributed by atoms with Gasteiger partial charge in [0, 0.05) is 36.8 Å². The third-order valence-corrected chi connectivity index (χ3v) is 6.83. The number of aliphatic hydroxyl groups excluding tert-OH is 2. The third kappa shape index (κ3) is 7.24. The molecule has 0 bridgehead atoms. The van der Waals surface area contributed by atoms with E-state index in [4.69, 9.17) is 23.4 Å². The molecular weight excluding hydrogens is 592 g/mol. The first-order valence-electron chi connectivity index (χ1n) is 13.6. The SMILES string of the molecule is CC(=O)O[C@@H]1[C@@H](O)[C@H](Oc2cc(O)c3c(=O)cc(-c4ccc(O)cc4)oc3c2)O[C@H](COC(=O)C=Cc2ccc(O)cc2)[C@H]1O. The molecule has 0 saturated carbocycles. The topological polar surface area (TPSA) is 202 Å². The Morgan fingerprint density at radius 3 is 2.24 bits per heavy atom. The average molecular weight is 621 g/mol. The molecule has 0 radical (unpaired) electrons. The van der Waals surface area contributed by atoms with Crippen LogP contribution in [0.5, 0.6) is 23.0 Å². The first kappa shape index (κ1) is 31.1. The Bertz CT molecular complexity index is 1780. The molecule has 0 unspecified atom stereocenters. The summed E-state index contributed by atoms with van der Waals surface area (Å²) in [5.41, 5.74) is 0.442. The highest BCUT2D eigenvalue weighted by molar-refractivity contribution is 5.87. The molecule has 234 valence electrons. The molecule has 1 aliphatic rings. The molecule has 3 aromatic carbocycles. The maximum absolute atomic E-state index is 12.8. The predicted molar refractivity (Wildman–Crippen MR) is 156 cm³/mol. The van der Waals surface area contributed by atoms with E-state index in [-0.39, 0.29) is 34.0 Å². The van der Waals surface area contributed by atoms with Crippen molar-refractivity contribution in [3.8, 4) is 34.3 Å². The van der Waals surface area contributed by atoms with E-state index in [2.05, 4.69) is 0 Å². The molecule has 0 spiro atoms. The van der Waals surface area contributed by atoms with Crippen LogP contribution in [-0.2, 0) is 23.8 Å². The van der Waals surface area contributed by atoms with Gasteiger partial charge in [-0.25, -0.2) is 4.79 Å². The summed E-state index contributed by atoms with van der Waals surface area (Å²) in [4.78, 5) is 36.9. The van der Waals surface area contributed by atoms with Crippen LogP contribution in [0.2, 0.25) is 0 Å². The van der Waals surface area contributed by atoms with E-state index in [0.717, 1.165) is 19.1 Å². The zero-order chi connectivity index (χ0) is 32.2. The predicted octanol–water partition coefficient (Wildman–Crippen LogP) is 2.59. The van der Waals surface area contributed by atoms with E-state index in [9.17, 15) is 39.9 Å². The van der Waals surface area contributed by atoms with Crippen LogP contribution in [0.1, 0.15) is 12.5 Å². The monoisotopic (exact) mass is 620 g/mol. The molecule has 0 amide bonds. The number of hydrogen-bond acceptors (Lipinski definition) is 13. The van der Waals surface area contributed by atoms with E-state index in [1.807, 2.05) is 0 Å². The van der Waals surface area contributed by atoms with Gasteiger partial charge in [0.2, 0.25) is 6.29 Å². The number of phenols is 3. The van der Waals surface area contributed by atoms with E-state index in [1.165, 1.54) is 54.6 Å². The minimum atomic E-state index is -1.74. The van der Waals surface area contributed by atoms with E-state index in [1.54, 1.807) is 12.1 Å². The molecule has 4 aromatic rings. The highest BCUT2D eigenvalue weighted by Gasteiger charge is 2.48. The third-order valence-electron chi connectivity index (χ3n) is 6.83. The zero-order valence-electron chi connectivity index (χ0n) is 23.6. The number of carbonyl (C=O) groups is 2. The van der Waals surface area contributed by atoms with Crippen molar-refractivity contribution < 1.29 is 58.5 Å². The number of ether oxygens (including phenoxy) is 4. The van der Waals surface area contributed by atoms with E-state index in [0.29, 0.717) is 11.1 Å². The summed E-state index contributed by atoms with van der Waals surface area (Å²) < 4.78 is 27.6. The molecular formula is C32H28O13. The number of carbonyl (C=O) groups excluding carboxylic acids is 2. The summed E-state index contributed by atoms with van der Waals surface area (Å²) in [5.74, 6) is -2.04. The number of phenolic OH excluding ortho intramolecular Hbond substituents is 3. The molecule has 5 atom stereocenters. The largest absolute Gasteiger partial charge is 0.508 e. The molecule has 13 nitrogen and oxygen atoms in total. The van der Waals surface area contributed by atoms with Crippen molar-refractivity contribution in [1.29, 1.82) is 0 Å². The van der Waals surface area contributed by atoms with Crippen LogP contribution < -0.4 is 10.2 Å². The van der Waals surface area contributed by atoms with Crippen LogP contribution in [0.4, 0.5) is 0 Å². The minimum absolute atomic E-state index is 0.0112. The van der Waals surface area contributed by atoms with Crippen molar-refractivity contribution in [2.75, 3.05) is 6.61 Å². The van der Waals surface area contributed by atoms with Gasteiger partial charge in [-0.2, -0.15) is 0 Å². The maximum Gasteiger partial charge on any atom is 0.330 e. The fourth-order valence-corrected chi connectivity index (χ4v) is 4.64. The first-order chi connectivity index (χ1) is 21.5. The number of fused-ring (bicyclic) bond motifs is 1. The molecule has 5 N–H and O–H groups in total. The second kappa shape index (κ2) is 13.1. The van der Waals surface area contributed by atoms with Gasteiger partial charge in [0.05, 0.1) is 0 Å². The summed E-state index contributed by atoms with van der Waals surface area (Å²) in [6.07, 6.45) is -5.31. The Morgan fingerprint density at radius 2 is 1.58 bits per heavy atom. The lowest BCUT2D eigenvalue weighted by molar-refractivity contribution is -0.281. The van der Waals surface area contributed by atoms with Crippen LogP contribution in [-0.4, -0.2) is 74.8 Å². The second-order valence-corrected chi connectivity index (χ2v) is 10.1. The van der Waals surface area contributed by atoms with E-state index < -0.39 is 60.4 Å². The normalized spacial score (nSPS) is 21.4. The Morgan fingerprint density at radius 1 is 0.911 bits per heavy atom. The molecule has 5 rings (SSSR count). The average Bonchev–Trinajstić information content (AvgIpc) is 2.99. The highest BCUT2D eigenvalue weighted by atomic mass is 16.7.